The Bertz CT molecular complexity index is 444. The topological polar surface area (TPSA) is 75.6 Å². The summed E-state index contributed by atoms with van der Waals surface area (Å²) in [6, 6.07) is 2.33. The Morgan fingerprint density at radius 3 is 2.33 bits per heavy atom. The smallest absolute Gasteiger partial charge is 0.334 e. The number of nitrogens with one attached hydrogen (secondary N) is 1. The van der Waals surface area contributed by atoms with Gasteiger partial charge in [-0.15, -0.1) is 0 Å². The molecular formula is C11H11F2NO4. The molecule has 0 aliphatic rings. The molecule has 1 unspecified atom stereocenters. The molecule has 0 fully saturated rings. The highest BCUT2D eigenvalue weighted by Crippen LogP contribution is 2.07. The third-order valence-corrected chi connectivity index (χ3v) is 2.13. The van der Waals surface area contributed by atoms with Crippen LogP contribution in [0.5, 0.6) is 0 Å². The molecule has 7 heteroatoms. The fourth-order valence-electron chi connectivity index (χ4n) is 1.24. The van der Waals surface area contributed by atoms with E-state index in [4.69, 9.17) is 5.11 Å². The number of aliphatic carboxylic acids is 1. The first-order chi connectivity index (χ1) is 8.43. The van der Waals surface area contributed by atoms with Crippen LogP contribution in [0.3, 0.4) is 0 Å². The molecule has 1 atom stereocenters. The number of carbonyl (C=O) groups is 2. The molecule has 1 amide bonds. The highest BCUT2D eigenvalue weighted by atomic mass is 19.1. The molecule has 5 nitrogen and oxygen atoms in total. The molecule has 1 rings (SSSR count). The molecule has 0 heterocycles. The first-order valence-corrected chi connectivity index (χ1v) is 4.94. The molecule has 0 aliphatic heterocycles. The van der Waals surface area contributed by atoms with Crippen molar-refractivity contribution in [3.8, 4) is 0 Å². The van der Waals surface area contributed by atoms with Gasteiger partial charge in [0.15, 0.2) is 6.10 Å². The lowest BCUT2D eigenvalue weighted by molar-refractivity contribution is -0.148. The lowest BCUT2D eigenvalue weighted by Gasteiger charge is -2.11. The lowest BCUT2D eigenvalue weighted by Crippen LogP contribution is -2.37. The molecule has 1 aromatic carbocycles. The summed E-state index contributed by atoms with van der Waals surface area (Å²) in [6.45, 7) is -0.303. The monoisotopic (exact) mass is 259 g/mol. The molecule has 18 heavy (non-hydrogen) atoms. The van der Waals surface area contributed by atoms with Crippen LogP contribution in [0, 0.1) is 11.6 Å². The lowest BCUT2D eigenvalue weighted by atomic mass is 10.2. The van der Waals surface area contributed by atoms with Gasteiger partial charge in [0.1, 0.15) is 11.6 Å². The van der Waals surface area contributed by atoms with E-state index in [1.807, 2.05) is 0 Å². The zero-order valence-electron chi connectivity index (χ0n) is 9.44. The van der Waals surface area contributed by atoms with E-state index in [2.05, 4.69) is 10.1 Å². The summed E-state index contributed by atoms with van der Waals surface area (Å²) in [5.74, 6) is -3.80. The first-order valence-electron chi connectivity index (χ1n) is 4.94. The maximum absolute atomic E-state index is 12.8. The minimum atomic E-state index is -1.25. The van der Waals surface area contributed by atoms with Crippen LogP contribution in [0.4, 0.5) is 8.78 Å². The molecule has 0 radical (unpaired) electrons. The van der Waals surface area contributed by atoms with Crippen molar-refractivity contribution in [1.29, 1.82) is 0 Å². The highest BCUT2D eigenvalue weighted by Gasteiger charge is 2.18. The van der Waals surface area contributed by atoms with Crippen LogP contribution in [-0.4, -0.2) is 36.7 Å². The van der Waals surface area contributed by atoms with E-state index in [9.17, 15) is 18.4 Å². The fourth-order valence-corrected chi connectivity index (χ4v) is 1.24. The number of benzene rings is 1. The van der Waals surface area contributed by atoms with E-state index >= 15 is 0 Å². The first kappa shape index (κ1) is 14.0. The van der Waals surface area contributed by atoms with E-state index in [0.717, 1.165) is 12.1 Å². The number of rotatable bonds is 5. The predicted molar refractivity (Wildman–Crippen MR) is 57.1 cm³/mol. The minimum Gasteiger partial charge on any atom is -0.479 e. The number of carboxylic acids is 1. The van der Waals surface area contributed by atoms with Gasteiger partial charge >= 0.3 is 5.97 Å². The molecule has 0 saturated heterocycles. The molecule has 0 saturated carbocycles. The number of halogens is 2. The second kappa shape index (κ2) is 6.06. The zero-order valence-corrected chi connectivity index (χ0v) is 9.44. The third-order valence-electron chi connectivity index (χ3n) is 2.13. The van der Waals surface area contributed by atoms with Crippen LogP contribution in [0.1, 0.15) is 10.4 Å². The average Bonchev–Trinajstić information content (AvgIpc) is 2.27. The van der Waals surface area contributed by atoms with Crippen LogP contribution < -0.4 is 5.32 Å². The summed E-state index contributed by atoms with van der Waals surface area (Å²) in [4.78, 5) is 22.1. The molecule has 0 aliphatic carbocycles. The second-order valence-corrected chi connectivity index (χ2v) is 3.43. The highest BCUT2D eigenvalue weighted by molar-refractivity contribution is 5.94. The summed E-state index contributed by atoms with van der Waals surface area (Å²) in [5, 5.41) is 10.9. The van der Waals surface area contributed by atoms with E-state index in [1.165, 1.54) is 7.11 Å². The molecule has 2 N–H and O–H groups in total. The van der Waals surface area contributed by atoms with Gasteiger partial charge in [-0.05, 0) is 12.1 Å². The third kappa shape index (κ3) is 3.77. The van der Waals surface area contributed by atoms with Gasteiger partial charge in [0.2, 0.25) is 0 Å². The van der Waals surface area contributed by atoms with Crippen LogP contribution >= 0.6 is 0 Å². The Kier molecular flexibility index (Phi) is 4.73. The van der Waals surface area contributed by atoms with E-state index in [1.54, 1.807) is 0 Å². The standard InChI is InChI=1S/C11H11F2NO4/c1-18-9(11(16)17)5-14-10(15)6-2-7(12)4-8(13)3-6/h2-4,9H,5H2,1H3,(H,14,15)(H,16,17). The quantitative estimate of drug-likeness (QED) is 0.819. The number of carbonyl (C=O) groups excluding carboxylic acids is 1. The van der Waals surface area contributed by atoms with Gasteiger partial charge in [0, 0.05) is 18.7 Å². The number of carboxylic acid groups (broad SMARTS) is 1. The number of amides is 1. The molecule has 0 spiro atoms. The summed E-state index contributed by atoms with van der Waals surface area (Å²) in [7, 11) is 1.17. The SMILES string of the molecule is COC(CNC(=O)c1cc(F)cc(F)c1)C(=O)O. The maximum Gasteiger partial charge on any atom is 0.334 e. The van der Waals surface area contributed by atoms with Crippen LogP contribution in [-0.2, 0) is 9.53 Å². The minimum absolute atomic E-state index is 0.229. The predicted octanol–water partition coefficient (Wildman–Crippen LogP) is 0.794. The molecule has 98 valence electrons. The fraction of sp³-hybridized carbons (Fsp3) is 0.273. The largest absolute Gasteiger partial charge is 0.479 e. The summed E-state index contributed by atoms with van der Waals surface area (Å²) >= 11 is 0. The van der Waals surface area contributed by atoms with Gasteiger partial charge in [-0.2, -0.15) is 0 Å². The number of hydrogen-bond acceptors (Lipinski definition) is 3. The van der Waals surface area contributed by atoms with Gasteiger partial charge in [-0.3, -0.25) is 4.79 Å². The molecular weight excluding hydrogens is 248 g/mol. The van der Waals surface area contributed by atoms with E-state index in [0.29, 0.717) is 6.07 Å². The van der Waals surface area contributed by atoms with Crippen molar-refractivity contribution in [2.24, 2.45) is 0 Å². The van der Waals surface area contributed by atoms with Crippen LogP contribution in [0.2, 0.25) is 0 Å². The second-order valence-electron chi connectivity index (χ2n) is 3.43. The molecule has 1 aromatic rings. The van der Waals surface area contributed by atoms with Crippen molar-refractivity contribution in [1.82, 2.24) is 5.32 Å². The van der Waals surface area contributed by atoms with Gasteiger partial charge in [0.05, 0.1) is 6.54 Å². The number of ether oxygens (including phenoxy) is 1. The Labute approximate surface area is 101 Å². The van der Waals surface area contributed by atoms with Gasteiger partial charge in [0.25, 0.3) is 5.91 Å². The Balaban J connectivity index is 2.68. The molecule has 0 bridgehead atoms. The van der Waals surface area contributed by atoms with Crippen LogP contribution in [0.25, 0.3) is 0 Å². The van der Waals surface area contributed by atoms with Crippen LogP contribution in [0.15, 0.2) is 18.2 Å². The van der Waals surface area contributed by atoms with Crippen molar-refractivity contribution in [3.63, 3.8) is 0 Å². The number of methoxy groups -OCH3 is 1. The van der Waals surface area contributed by atoms with E-state index < -0.39 is 29.6 Å². The molecule has 0 aromatic heterocycles. The zero-order chi connectivity index (χ0) is 13.7. The van der Waals surface area contributed by atoms with Crippen molar-refractivity contribution in [2.75, 3.05) is 13.7 Å². The van der Waals surface area contributed by atoms with Crippen molar-refractivity contribution in [2.45, 2.75) is 6.10 Å². The Morgan fingerprint density at radius 1 is 1.33 bits per heavy atom. The summed E-state index contributed by atoms with van der Waals surface area (Å²) in [6.07, 6.45) is -1.22. The van der Waals surface area contributed by atoms with Crippen molar-refractivity contribution in [3.05, 3.63) is 35.4 Å². The summed E-state index contributed by atoms with van der Waals surface area (Å²) in [5.41, 5.74) is -0.229. The van der Waals surface area contributed by atoms with Gasteiger partial charge < -0.3 is 15.2 Å². The Hall–Kier alpha value is -2.02. The van der Waals surface area contributed by atoms with Gasteiger partial charge in [-0.1, -0.05) is 0 Å². The summed E-state index contributed by atoms with van der Waals surface area (Å²) < 4.78 is 30.3. The maximum atomic E-state index is 12.8. The average molecular weight is 259 g/mol. The Morgan fingerprint density at radius 2 is 1.89 bits per heavy atom. The van der Waals surface area contributed by atoms with Crippen molar-refractivity contribution >= 4 is 11.9 Å². The van der Waals surface area contributed by atoms with Gasteiger partial charge in [-0.25, -0.2) is 13.6 Å². The van der Waals surface area contributed by atoms with E-state index in [-0.39, 0.29) is 12.1 Å². The number of hydrogen-bond donors (Lipinski definition) is 2. The normalized spacial score (nSPS) is 11.9. The van der Waals surface area contributed by atoms with Crippen molar-refractivity contribution < 1.29 is 28.2 Å².